The van der Waals surface area contributed by atoms with Crippen LogP contribution in [-0.2, 0) is 9.59 Å². The first-order chi connectivity index (χ1) is 11.5. The van der Waals surface area contributed by atoms with Gasteiger partial charge in [-0.05, 0) is 37.1 Å². The van der Waals surface area contributed by atoms with Crippen molar-refractivity contribution in [1.82, 2.24) is 5.32 Å². The Morgan fingerprint density at radius 3 is 2.17 bits per heavy atom. The SMILES string of the molecule is C=CCC(CC=C)C(=O)Nc1ccc(C(=O)NCCC(=O)O)cc1. The lowest BCUT2D eigenvalue weighted by Gasteiger charge is -2.13. The number of carboxylic acid groups (broad SMARTS) is 1. The van der Waals surface area contributed by atoms with E-state index in [2.05, 4.69) is 23.8 Å². The van der Waals surface area contributed by atoms with Gasteiger partial charge in [0.1, 0.15) is 0 Å². The first-order valence-corrected chi connectivity index (χ1v) is 7.60. The van der Waals surface area contributed by atoms with E-state index in [0.717, 1.165) is 0 Å². The van der Waals surface area contributed by atoms with Crippen molar-refractivity contribution in [2.75, 3.05) is 11.9 Å². The maximum Gasteiger partial charge on any atom is 0.305 e. The number of hydrogen-bond donors (Lipinski definition) is 3. The predicted molar refractivity (Wildman–Crippen MR) is 92.8 cm³/mol. The molecule has 0 bridgehead atoms. The third-order valence-corrected chi connectivity index (χ3v) is 3.31. The summed E-state index contributed by atoms with van der Waals surface area (Å²) in [6.45, 7) is 7.35. The van der Waals surface area contributed by atoms with Gasteiger partial charge in [-0.15, -0.1) is 13.2 Å². The number of amides is 2. The van der Waals surface area contributed by atoms with Crippen LogP contribution in [0.3, 0.4) is 0 Å². The minimum atomic E-state index is -0.970. The van der Waals surface area contributed by atoms with Crippen LogP contribution >= 0.6 is 0 Å². The van der Waals surface area contributed by atoms with Crippen LogP contribution in [0, 0.1) is 5.92 Å². The molecule has 1 rings (SSSR count). The summed E-state index contributed by atoms with van der Waals surface area (Å²) >= 11 is 0. The number of hydrogen-bond acceptors (Lipinski definition) is 3. The van der Waals surface area contributed by atoms with Crippen molar-refractivity contribution in [2.24, 2.45) is 5.92 Å². The van der Waals surface area contributed by atoms with Crippen LogP contribution in [-0.4, -0.2) is 29.4 Å². The Balaban J connectivity index is 2.61. The minimum absolute atomic E-state index is 0.0669. The molecule has 0 aliphatic heterocycles. The van der Waals surface area contributed by atoms with Gasteiger partial charge in [-0.1, -0.05) is 12.2 Å². The van der Waals surface area contributed by atoms with E-state index in [1.54, 1.807) is 36.4 Å². The standard InChI is InChI=1S/C18H22N2O4/c1-3-5-13(6-4-2)18(24)20-15-9-7-14(8-10-15)17(23)19-12-11-16(21)22/h3-4,7-10,13H,1-2,5-6,11-12H2,(H,19,23)(H,20,24)(H,21,22). The summed E-state index contributed by atoms with van der Waals surface area (Å²) in [5.41, 5.74) is 0.979. The molecule has 1 aromatic rings. The Hall–Kier alpha value is -2.89. The molecule has 1 aromatic carbocycles. The number of anilines is 1. The molecule has 0 aliphatic rings. The Morgan fingerprint density at radius 2 is 1.67 bits per heavy atom. The van der Waals surface area contributed by atoms with Gasteiger partial charge in [0.05, 0.1) is 6.42 Å². The van der Waals surface area contributed by atoms with Crippen molar-refractivity contribution in [2.45, 2.75) is 19.3 Å². The van der Waals surface area contributed by atoms with E-state index in [1.165, 1.54) is 0 Å². The van der Waals surface area contributed by atoms with Crippen LogP contribution in [0.15, 0.2) is 49.6 Å². The summed E-state index contributed by atoms with van der Waals surface area (Å²) in [6.07, 6.45) is 4.37. The fourth-order valence-electron chi connectivity index (χ4n) is 2.05. The highest BCUT2D eigenvalue weighted by molar-refractivity contribution is 5.96. The van der Waals surface area contributed by atoms with E-state index in [-0.39, 0.29) is 30.7 Å². The number of allylic oxidation sites excluding steroid dienone is 2. The lowest BCUT2D eigenvalue weighted by molar-refractivity contribution is -0.136. The van der Waals surface area contributed by atoms with Crippen molar-refractivity contribution in [3.8, 4) is 0 Å². The second kappa shape index (κ2) is 9.99. The monoisotopic (exact) mass is 330 g/mol. The first kappa shape index (κ1) is 19.2. The van der Waals surface area contributed by atoms with Crippen molar-refractivity contribution in [3.63, 3.8) is 0 Å². The van der Waals surface area contributed by atoms with Gasteiger partial charge in [0.25, 0.3) is 5.91 Å². The van der Waals surface area contributed by atoms with Crippen LogP contribution in [0.1, 0.15) is 29.6 Å². The van der Waals surface area contributed by atoms with E-state index in [1.807, 2.05) is 0 Å². The number of aliphatic carboxylic acids is 1. The molecule has 0 heterocycles. The van der Waals surface area contributed by atoms with Gasteiger partial charge < -0.3 is 15.7 Å². The quantitative estimate of drug-likeness (QED) is 0.575. The Labute approximate surface area is 141 Å². The molecule has 0 spiro atoms. The zero-order valence-corrected chi connectivity index (χ0v) is 13.5. The zero-order valence-electron chi connectivity index (χ0n) is 13.5. The number of rotatable bonds is 10. The molecule has 0 saturated heterocycles. The molecule has 0 aliphatic carbocycles. The summed E-state index contributed by atoms with van der Waals surface area (Å²) in [7, 11) is 0. The van der Waals surface area contributed by atoms with Crippen molar-refractivity contribution >= 4 is 23.5 Å². The van der Waals surface area contributed by atoms with Crippen LogP contribution in [0.4, 0.5) is 5.69 Å². The Kier molecular flexibility index (Phi) is 7.98. The molecule has 0 unspecified atom stereocenters. The van der Waals surface area contributed by atoms with Gasteiger partial charge in [0.2, 0.25) is 5.91 Å². The molecule has 6 nitrogen and oxygen atoms in total. The van der Waals surface area contributed by atoms with E-state index in [9.17, 15) is 14.4 Å². The normalized spacial score (nSPS) is 10.0. The largest absolute Gasteiger partial charge is 0.481 e. The molecular formula is C18H22N2O4. The zero-order chi connectivity index (χ0) is 17.9. The summed E-state index contributed by atoms with van der Waals surface area (Å²) in [5, 5.41) is 13.8. The molecule has 6 heteroatoms. The molecule has 0 aromatic heterocycles. The van der Waals surface area contributed by atoms with Gasteiger partial charge >= 0.3 is 5.97 Å². The first-order valence-electron chi connectivity index (χ1n) is 7.60. The van der Waals surface area contributed by atoms with Gasteiger partial charge in [0.15, 0.2) is 0 Å². The number of carboxylic acids is 1. The van der Waals surface area contributed by atoms with Crippen LogP contribution < -0.4 is 10.6 Å². The predicted octanol–water partition coefficient (Wildman–Crippen LogP) is 2.60. The van der Waals surface area contributed by atoms with E-state index in [0.29, 0.717) is 24.1 Å². The minimum Gasteiger partial charge on any atom is -0.481 e. The fraction of sp³-hybridized carbons (Fsp3) is 0.278. The number of carbonyl (C=O) groups excluding carboxylic acids is 2. The molecule has 0 radical (unpaired) electrons. The number of nitrogens with one attached hydrogen (secondary N) is 2. The van der Waals surface area contributed by atoms with Crippen LogP contribution in [0.2, 0.25) is 0 Å². The third-order valence-electron chi connectivity index (χ3n) is 3.31. The van der Waals surface area contributed by atoms with Crippen molar-refractivity contribution in [3.05, 3.63) is 55.1 Å². The summed E-state index contributed by atoms with van der Waals surface area (Å²) in [6, 6.07) is 6.40. The average Bonchev–Trinajstić information content (AvgIpc) is 2.54. The number of benzene rings is 1. The molecular weight excluding hydrogens is 308 g/mol. The maximum absolute atomic E-state index is 12.2. The summed E-state index contributed by atoms with van der Waals surface area (Å²) in [5.74, 6) is -1.68. The molecule has 2 amide bonds. The van der Waals surface area contributed by atoms with Crippen LogP contribution in [0.25, 0.3) is 0 Å². The molecule has 0 atom stereocenters. The highest BCUT2D eigenvalue weighted by Crippen LogP contribution is 2.15. The van der Waals surface area contributed by atoms with Gasteiger partial charge in [-0.25, -0.2) is 0 Å². The Morgan fingerprint density at radius 1 is 1.08 bits per heavy atom. The summed E-state index contributed by atoms with van der Waals surface area (Å²) in [4.78, 5) is 34.4. The Bertz CT molecular complexity index is 598. The lowest BCUT2D eigenvalue weighted by atomic mass is 10.0. The second-order valence-electron chi connectivity index (χ2n) is 5.21. The van der Waals surface area contributed by atoms with Gasteiger partial charge in [0, 0.05) is 23.7 Å². The lowest BCUT2D eigenvalue weighted by Crippen LogP contribution is -2.26. The van der Waals surface area contributed by atoms with E-state index >= 15 is 0 Å². The van der Waals surface area contributed by atoms with Crippen LogP contribution in [0.5, 0.6) is 0 Å². The molecule has 0 fully saturated rings. The van der Waals surface area contributed by atoms with Gasteiger partial charge in [-0.2, -0.15) is 0 Å². The fourth-order valence-corrected chi connectivity index (χ4v) is 2.05. The molecule has 128 valence electrons. The highest BCUT2D eigenvalue weighted by atomic mass is 16.4. The smallest absolute Gasteiger partial charge is 0.305 e. The summed E-state index contributed by atoms with van der Waals surface area (Å²) < 4.78 is 0. The van der Waals surface area contributed by atoms with Gasteiger partial charge in [-0.3, -0.25) is 14.4 Å². The van der Waals surface area contributed by atoms with Crippen molar-refractivity contribution in [1.29, 1.82) is 0 Å². The molecule has 3 N–H and O–H groups in total. The van der Waals surface area contributed by atoms with Crippen molar-refractivity contribution < 1.29 is 19.5 Å². The van der Waals surface area contributed by atoms with E-state index in [4.69, 9.17) is 5.11 Å². The van der Waals surface area contributed by atoms with E-state index < -0.39 is 5.97 Å². The molecule has 24 heavy (non-hydrogen) atoms. The number of carbonyl (C=O) groups is 3. The second-order valence-corrected chi connectivity index (χ2v) is 5.21. The highest BCUT2D eigenvalue weighted by Gasteiger charge is 2.15. The average molecular weight is 330 g/mol. The topological polar surface area (TPSA) is 95.5 Å². The maximum atomic E-state index is 12.2. The third kappa shape index (κ3) is 6.48. The molecule has 0 saturated carbocycles.